The second-order valence-electron chi connectivity index (χ2n) is 4.89. The number of para-hydroxylation sites is 1. The average Bonchev–Trinajstić information content (AvgIpc) is 2.37. The van der Waals surface area contributed by atoms with Crippen LogP contribution in [-0.2, 0) is 11.3 Å². The predicted molar refractivity (Wildman–Crippen MR) is 72.4 cm³/mol. The molecule has 0 aliphatic heterocycles. The van der Waals surface area contributed by atoms with E-state index in [1.165, 1.54) is 10.9 Å². The van der Waals surface area contributed by atoms with E-state index < -0.39 is 0 Å². The summed E-state index contributed by atoms with van der Waals surface area (Å²) in [6, 6.07) is 11.0. The topological polar surface area (TPSA) is 34.1 Å². The fraction of sp³-hybridized carbons (Fsp3) is 0.400. The van der Waals surface area contributed by atoms with Gasteiger partial charge in [0.05, 0.1) is 11.6 Å². The van der Waals surface area contributed by atoms with Crippen LogP contribution < -0.4 is 5.32 Å². The van der Waals surface area contributed by atoms with Gasteiger partial charge in [0.2, 0.25) is 0 Å². The zero-order valence-electron chi connectivity index (χ0n) is 10.6. The lowest BCUT2D eigenvalue weighted by Crippen LogP contribution is -2.44. The summed E-state index contributed by atoms with van der Waals surface area (Å²) in [6.07, 6.45) is 4.59. The molecular formula is C15H18N2O. The highest BCUT2D eigenvalue weighted by Gasteiger charge is 2.28. The standard InChI is InChI=1S/C15H18N2O/c1-18-13-8-12(9-13)17-10-11-6-7-16-15-5-3-2-4-14(11)15/h2-7,12-13,17H,8-10H2,1H3. The number of pyridine rings is 1. The lowest BCUT2D eigenvalue weighted by molar-refractivity contribution is 0.0170. The van der Waals surface area contributed by atoms with E-state index in [9.17, 15) is 0 Å². The normalized spacial score (nSPS) is 22.9. The number of aromatic nitrogens is 1. The van der Waals surface area contributed by atoms with Crippen LogP contribution in [-0.4, -0.2) is 24.2 Å². The minimum atomic E-state index is 0.455. The fourth-order valence-electron chi connectivity index (χ4n) is 2.49. The fourth-order valence-corrected chi connectivity index (χ4v) is 2.49. The van der Waals surface area contributed by atoms with Gasteiger partial charge in [-0.2, -0.15) is 0 Å². The third-order valence-electron chi connectivity index (χ3n) is 3.75. The van der Waals surface area contributed by atoms with E-state index in [0.29, 0.717) is 12.1 Å². The van der Waals surface area contributed by atoms with Crippen molar-refractivity contribution in [3.63, 3.8) is 0 Å². The Bertz CT molecular complexity index is 530. The Balaban J connectivity index is 1.68. The summed E-state index contributed by atoms with van der Waals surface area (Å²) in [4.78, 5) is 4.38. The smallest absolute Gasteiger partial charge is 0.0705 e. The molecule has 1 aromatic carbocycles. The van der Waals surface area contributed by atoms with Crippen molar-refractivity contribution in [1.82, 2.24) is 10.3 Å². The Labute approximate surface area is 107 Å². The van der Waals surface area contributed by atoms with Crippen LogP contribution in [0.25, 0.3) is 10.9 Å². The van der Waals surface area contributed by atoms with Gasteiger partial charge in [-0.15, -0.1) is 0 Å². The van der Waals surface area contributed by atoms with E-state index >= 15 is 0 Å². The maximum atomic E-state index is 5.29. The maximum Gasteiger partial charge on any atom is 0.0705 e. The van der Waals surface area contributed by atoms with Crippen LogP contribution in [0.15, 0.2) is 36.5 Å². The quantitative estimate of drug-likeness (QED) is 0.894. The van der Waals surface area contributed by atoms with Gasteiger partial charge in [-0.1, -0.05) is 18.2 Å². The number of fused-ring (bicyclic) bond motifs is 1. The molecule has 0 bridgehead atoms. The Morgan fingerprint density at radius 3 is 2.94 bits per heavy atom. The first kappa shape index (κ1) is 11.6. The molecule has 0 amide bonds. The Kier molecular flexibility index (Phi) is 3.26. The molecular weight excluding hydrogens is 224 g/mol. The number of ether oxygens (including phenoxy) is 1. The second-order valence-corrected chi connectivity index (χ2v) is 4.89. The highest BCUT2D eigenvalue weighted by molar-refractivity contribution is 5.81. The summed E-state index contributed by atoms with van der Waals surface area (Å²) >= 11 is 0. The molecule has 3 heteroatoms. The summed E-state index contributed by atoms with van der Waals surface area (Å²) in [5.41, 5.74) is 2.39. The van der Waals surface area contributed by atoms with Gasteiger partial charge in [0.25, 0.3) is 0 Å². The van der Waals surface area contributed by atoms with Crippen molar-refractivity contribution < 1.29 is 4.74 Å². The molecule has 0 saturated heterocycles. The summed E-state index contributed by atoms with van der Waals surface area (Å²) in [6.45, 7) is 0.907. The molecule has 2 aromatic rings. The summed E-state index contributed by atoms with van der Waals surface area (Å²) < 4.78 is 5.29. The minimum absolute atomic E-state index is 0.455. The van der Waals surface area contributed by atoms with Gasteiger partial charge in [-0.05, 0) is 30.5 Å². The molecule has 94 valence electrons. The Hall–Kier alpha value is -1.45. The molecule has 1 fully saturated rings. The molecule has 1 aromatic heterocycles. The van der Waals surface area contributed by atoms with E-state index in [1.54, 1.807) is 7.11 Å². The number of hydrogen-bond donors (Lipinski definition) is 1. The number of benzene rings is 1. The molecule has 1 saturated carbocycles. The monoisotopic (exact) mass is 242 g/mol. The molecule has 0 atom stereocenters. The SMILES string of the molecule is COC1CC(NCc2ccnc3ccccc23)C1. The van der Waals surface area contributed by atoms with Gasteiger partial charge in [0.15, 0.2) is 0 Å². The molecule has 18 heavy (non-hydrogen) atoms. The molecule has 1 heterocycles. The largest absolute Gasteiger partial charge is 0.381 e. The van der Waals surface area contributed by atoms with Crippen molar-refractivity contribution >= 4 is 10.9 Å². The zero-order chi connectivity index (χ0) is 12.4. The minimum Gasteiger partial charge on any atom is -0.381 e. The number of nitrogens with zero attached hydrogens (tertiary/aromatic N) is 1. The van der Waals surface area contributed by atoms with Gasteiger partial charge in [-0.3, -0.25) is 4.98 Å². The van der Waals surface area contributed by atoms with Crippen LogP contribution in [0.1, 0.15) is 18.4 Å². The first-order valence-corrected chi connectivity index (χ1v) is 6.45. The Morgan fingerprint density at radius 2 is 2.11 bits per heavy atom. The summed E-state index contributed by atoms with van der Waals surface area (Å²) in [5, 5.41) is 4.83. The van der Waals surface area contributed by atoms with E-state index in [0.717, 1.165) is 24.9 Å². The van der Waals surface area contributed by atoms with E-state index in [2.05, 4.69) is 34.6 Å². The van der Waals surface area contributed by atoms with Gasteiger partial charge < -0.3 is 10.1 Å². The van der Waals surface area contributed by atoms with E-state index in [4.69, 9.17) is 4.74 Å². The molecule has 3 rings (SSSR count). The van der Waals surface area contributed by atoms with Gasteiger partial charge in [0, 0.05) is 31.3 Å². The highest BCUT2D eigenvalue weighted by atomic mass is 16.5. The van der Waals surface area contributed by atoms with Crippen LogP contribution in [0.2, 0.25) is 0 Å². The molecule has 0 spiro atoms. The number of rotatable bonds is 4. The molecule has 0 unspecified atom stereocenters. The molecule has 1 aliphatic carbocycles. The highest BCUT2D eigenvalue weighted by Crippen LogP contribution is 2.23. The molecule has 0 radical (unpaired) electrons. The van der Waals surface area contributed by atoms with Crippen molar-refractivity contribution in [1.29, 1.82) is 0 Å². The molecule has 3 nitrogen and oxygen atoms in total. The predicted octanol–water partition coefficient (Wildman–Crippen LogP) is 2.50. The van der Waals surface area contributed by atoms with Crippen molar-refractivity contribution in [2.24, 2.45) is 0 Å². The van der Waals surface area contributed by atoms with Gasteiger partial charge in [-0.25, -0.2) is 0 Å². The molecule has 1 aliphatic rings. The third kappa shape index (κ3) is 2.24. The van der Waals surface area contributed by atoms with E-state index in [1.807, 2.05) is 12.3 Å². The van der Waals surface area contributed by atoms with Crippen LogP contribution in [0.3, 0.4) is 0 Å². The number of nitrogens with one attached hydrogen (secondary N) is 1. The number of hydrogen-bond acceptors (Lipinski definition) is 3. The van der Waals surface area contributed by atoms with Crippen molar-refractivity contribution in [2.45, 2.75) is 31.5 Å². The lowest BCUT2D eigenvalue weighted by Gasteiger charge is -2.34. The summed E-state index contributed by atoms with van der Waals surface area (Å²) in [5.74, 6) is 0. The maximum absolute atomic E-state index is 5.29. The van der Waals surface area contributed by atoms with Gasteiger partial charge in [0.1, 0.15) is 0 Å². The first-order valence-electron chi connectivity index (χ1n) is 6.45. The van der Waals surface area contributed by atoms with Crippen LogP contribution in [0.4, 0.5) is 0 Å². The van der Waals surface area contributed by atoms with Gasteiger partial charge >= 0.3 is 0 Å². The van der Waals surface area contributed by atoms with E-state index in [-0.39, 0.29) is 0 Å². The number of methoxy groups -OCH3 is 1. The third-order valence-corrected chi connectivity index (χ3v) is 3.75. The average molecular weight is 242 g/mol. The molecule has 1 N–H and O–H groups in total. The zero-order valence-corrected chi connectivity index (χ0v) is 10.6. The van der Waals surface area contributed by atoms with Crippen LogP contribution in [0, 0.1) is 0 Å². The Morgan fingerprint density at radius 1 is 1.28 bits per heavy atom. The second kappa shape index (κ2) is 5.04. The summed E-state index contributed by atoms with van der Waals surface area (Å²) in [7, 11) is 1.79. The first-order chi connectivity index (χ1) is 8.86. The van der Waals surface area contributed by atoms with Crippen LogP contribution in [0.5, 0.6) is 0 Å². The lowest BCUT2D eigenvalue weighted by atomic mass is 9.89. The van der Waals surface area contributed by atoms with Crippen molar-refractivity contribution in [3.05, 3.63) is 42.1 Å². The van der Waals surface area contributed by atoms with Crippen molar-refractivity contribution in [3.8, 4) is 0 Å². The van der Waals surface area contributed by atoms with Crippen molar-refractivity contribution in [2.75, 3.05) is 7.11 Å². The van der Waals surface area contributed by atoms with Crippen LogP contribution >= 0.6 is 0 Å².